The molecule has 142 valence electrons. The second-order valence-corrected chi connectivity index (χ2v) is 9.11. The summed E-state index contributed by atoms with van der Waals surface area (Å²) in [6, 6.07) is 7.75. The molecule has 3 heterocycles. The SMILES string of the molecule is CC(C)Cc1cc(C(=O)N2CCC(c3nc4cc(Cl)ccc4s3)CC2)n[nH]1. The molecule has 1 aliphatic heterocycles. The molecule has 7 heteroatoms. The Kier molecular flexibility index (Phi) is 5.19. The summed E-state index contributed by atoms with van der Waals surface area (Å²) < 4.78 is 1.17. The molecule has 2 aromatic heterocycles. The fourth-order valence-corrected chi connectivity index (χ4v) is 4.88. The molecular weight excluding hydrogens is 380 g/mol. The first-order valence-electron chi connectivity index (χ1n) is 9.39. The lowest BCUT2D eigenvalue weighted by molar-refractivity contribution is 0.0707. The van der Waals surface area contributed by atoms with Crippen molar-refractivity contribution in [2.75, 3.05) is 13.1 Å². The molecule has 0 bridgehead atoms. The number of rotatable bonds is 4. The van der Waals surface area contributed by atoms with Crippen molar-refractivity contribution < 1.29 is 4.79 Å². The molecule has 0 unspecified atom stereocenters. The Labute approximate surface area is 167 Å². The molecule has 1 amide bonds. The summed E-state index contributed by atoms with van der Waals surface area (Å²) in [6.45, 7) is 5.80. The van der Waals surface area contributed by atoms with Crippen molar-refractivity contribution in [1.82, 2.24) is 20.1 Å². The zero-order valence-electron chi connectivity index (χ0n) is 15.5. The van der Waals surface area contributed by atoms with Gasteiger partial charge < -0.3 is 4.90 Å². The standard InChI is InChI=1S/C20H23ClN4OS/c1-12(2)9-15-11-17(24-23-15)20(26)25-7-5-13(6-8-25)19-22-16-10-14(21)3-4-18(16)27-19/h3-4,10-13H,5-9H2,1-2H3,(H,23,24). The van der Waals surface area contributed by atoms with E-state index in [2.05, 4.69) is 24.0 Å². The maximum Gasteiger partial charge on any atom is 0.274 e. The third-order valence-electron chi connectivity index (χ3n) is 4.98. The minimum atomic E-state index is 0.0239. The highest BCUT2D eigenvalue weighted by molar-refractivity contribution is 7.18. The van der Waals surface area contributed by atoms with Gasteiger partial charge in [0.05, 0.1) is 15.2 Å². The van der Waals surface area contributed by atoms with Crippen molar-refractivity contribution in [2.45, 2.75) is 39.0 Å². The second kappa shape index (κ2) is 7.60. The number of likely N-dealkylation sites (tertiary alicyclic amines) is 1. The molecule has 0 radical (unpaired) electrons. The van der Waals surface area contributed by atoms with Crippen LogP contribution in [-0.2, 0) is 6.42 Å². The minimum absolute atomic E-state index is 0.0239. The lowest BCUT2D eigenvalue weighted by Gasteiger charge is -2.30. The van der Waals surface area contributed by atoms with Crippen molar-refractivity contribution in [3.05, 3.63) is 45.7 Å². The van der Waals surface area contributed by atoms with Crippen LogP contribution in [0.1, 0.15) is 53.8 Å². The Morgan fingerprint density at radius 2 is 2.11 bits per heavy atom. The number of halogens is 1. The topological polar surface area (TPSA) is 61.9 Å². The van der Waals surface area contributed by atoms with E-state index >= 15 is 0 Å². The monoisotopic (exact) mass is 402 g/mol. The summed E-state index contributed by atoms with van der Waals surface area (Å²) in [5.41, 5.74) is 2.52. The number of hydrogen-bond donors (Lipinski definition) is 1. The molecule has 4 rings (SSSR count). The van der Waals surface area contributed by atoms with Crippen LogP contribution in [0.25, 0.3) is 10.2 Å². The Balaban J connectivity index is 1.40. The van der Waals surface area contributed by atoms with Gasteiger partial charge >= 0.3 is 0 Å². The molecule has 1 saturated heterocycles. The molecule has 0 atom stereocenters. The quantitative estimate of drug-likeness (QED) is 0.675. The highest BCUT2D eigenvalue weighted by Gasteiger charge is 2.27. The van der Waals surface area contributed by atoms with E-state index in [1.807, 2.05) is 29.2 Å². The maximum atomic E-state index is 12.7. The van der Waals surface area contributed by atoms with Gasteiger partial charge in [0.2, 0.25) is 0 Å². The van der Waals surface area contributed by atoms with Crippen LogP contribution in [0.15, 0.2) is 24.3 Å². The van der Waals surface area contributed by atoms with Gasteiger partial charge in [-0.1, -0.05) is 25.4 Å². The molecule has 27 heavy (non-hydrogen) atoms. The molecular formula is C20H23ClN4OS. The Hall–Kier alpha value is -1.92. The van der Waals surface area contributed by atoms with Gasteiger partial charge in [-0.3, -0.25) is 9.89 Å². The number of nitrogens with zero attached hydrogens (tertiary/aromatic N) is 3. The fraction of sp³-hybridized carbons (Fsp3) is 0.450. The molecule has 0 spiro atoms. The zero-order chi connectivity index (χ0) is 19.0. The number of amides is 1. The van der Waals surface area contributed by atoms with Gasteiger partial charge in [-0.05, 0) is 49.4 Å². The first kappa shape index (κ1) is 18.4. The maximum absolute atomic E-state index is 12.7. The van der Waals surface area contributed by atoms with Crippen LogP contribution in [-0.4, -0.2) is 39.1 Å². The number of H-pyrrole nitrogens is 1. The van der Waals surface area contributed by atoms with E-state index in [1.165, 1.54) is 4.70 Å². The molecule has 1 N–H and O–H groups in total. The zero-order valence-corrected chi connectivity index (χ0v) is 17.1. The second-order valence-electron chi connectivity index (χ2n) is 7.61. The Morgan fingerprint density at radius 1 is 1.33 bits per heavy atom. The molecule has 3 aromatic rings. The molecule has 1 fully saturated rings. The van der Waals surface area contributed by atoms with Crippen LogP contribution >= 0.6 is 22.9 Å². The van der Waals surface area contributed by atoms with Crippen LogP contribution in [0, 0.1) is 5.92 Å². The van der Waals surface area contributed by atoms with Crippen LogP contribution in [0.4, 0.5) is 0 Å². The summed E-state index contributed by atoms with van der Waals surface area (Å²) in [5, 5.41) is 9.08. The van der Waals surface area contributed by atoms with Crippen molar-refractivity contribution in [1.29, 1.82) is 0 Å². The number of aromatic amines is 1. The number of aromatic nitrogens is 3. The number of thiazole rings is 1. The van der Waals surface area contributed by atoms with Gasteiger partial charge in [-0.15, -0.1) is 11.3 Å². The average molecular weight is 403 g/mol. The molecule has 5 nitrogen and oxygen atoms in total. The number of hydrogen-bond acceptors (Lipinski definition) is 4. The minimum Gasteiger partial charge on any atom is -0.337 e. The van der Waals surface area contributed by atoms with Crippen molar-refractivity contribution in [3.63, 3.8) is 0 Å². The smallest absolute Gasteiger partial charge is 0.274 e. The number of piperidine rings is 1. The van der Waals surface area contributed by atoms with Gasteiger partial charge in [0.15, 0.2) is 0 Å². The van der Waals surface area contributed by atoms with Gasteiger partial charge in [0, 0.05) is 29.7 Å². The third-order valence-corrected chi connectivity index (χ3v) is 6.41. The summed E-state index contributed by atoms with van der Waals surface area (Å²) in [5.74, 6) is 0.963. The van der Waals surface area contributed by atoms with Crippen LogP contribution in [0.5, 0.6) is 0 Å². The molecule has 0 aliphatic carbocycles. The normalized spacial score (nSPS) is 15.8. The summed E-state index contributed by atoms with van der Waals surface area (Å²) in [6.07, 6.45) is 2.77. The summed E-state index contributed by atoms with van der Waals surface area (Å²) in [7, 11) is 0. The van der Waals surface area contributed by atoms with E-state index < -0.39 is 0 Å². The molecule has 0 saturated carbocycles. The lowest BCUT2D eigenvalue weighted by Crippen LogP contribution is -2.38. The fourth-order valence-electron chi connectivity index (χ4n) is 3.60. The van der Waals surface area contributed by atoms with E-state index in [0.717, 1.165) is 53.6 Å². The van der Waals surface area contributed by atoms with E-state index in [0.29, 0.717) is 17.5 Å². The average Bonchev–Trinajstić information content (AvgIpc) is 3.27. The number of nitrogens with one attached hydrogen (secondary N) is 1. The Morgan fingerprint density at radius 3 is 2.85 bits per heavy atom. The number of fused-ring (bicyclic) bond motifs is 1. The summed E-state index contributed by atoms with van der Waals surface area (Å²) >= 11 is 7.80. The van der Waals surface area contributed by atoms with E-state index in [1.54, 1.807) is 11.3 Å². The predicted octanol–water partition coefficient (Wildman–Crippen LogP) is 4.89. The predicted molar refractivity (Wildman–Crippen MR) is 110 cm³/mol. The highest BCUT2D eigenvalue weighted by atomic mass is 35.5. The van der Waals surface area contributed by atoms with E-state index in [9.17, 15) is 4.79 Å². The van der Waals surface area contributed by atoms with Gasteiger partial charge in [-0.2, -0.15) is 5.10 Å². The van der Waals surface area contributed by atoms with Crippen molar-refractivity contribution in [3.8, 4) is 0 Å². The first-order chi connectivity index (χ1) is 13.0. The Bertz CT molecular complexity index is 956. The van der Waals surface area contributed by atoms with Crippen molar-refractivity contribution in [2.24, 2.45) is 5.92 Å². The van der Waals surface area contributed by atoms with Crippen molar-refractivity contribution >= 4 is 39.1 Å². The van der Waals surface area contributed by atoms with Gasteiger partial charge in [-0.25, -0.2) is 4.98 Å². The number of carbonyl (C=O) groups is 1. The van der Waals surface area contributed by atoms with E-state index in [-0.39, 0.29) is 5.91 Å². The molecule has 1 aromatic carbocycles. The highest BCUT2D eigenvalue weighted by Crippen LogP contribution is 2.34. The summed E-state index contributed by atoms with van der Waals surface area (Å²) in [4.78, 5) is 19.4. The first-order valence-corrected chi connectivity index (χ1v) is 10.6. The lowest BCUT2D eigenvalue weighted by atomic mass is 9.97. The van der Waals surface area contributed by atoms with Gasteiger partial charge in [0.25, 0.3) is 5.91 Å². The number of carbonyl (C=O) groups excluding carboxylic acids is 1. The van der Waals surface area contributed by atoms with E-state index in [4.69, 9.17) is 16.6 Å². The number of benzene rings is 1. The van der Waals surface area contributed by atoms with Crippen LogP contribution < -0.4 is 0 Å². The molecule has 1 aliphatic rings. The van der Waals surface area contributed by atoms with Gasteiger partial charge in [0.1, 0.15) is 5.69 Å². The van der Waals surface area contributed by atoms with Crippen LogP contribution in [0.2, 0.25) is 5.02 Å². The third kappa shape index (κ3) is 4.01. The van der Waals surface area contributed by atoms with Crippen LogP contribution in [0.3, 0.4) is 0 Å². The largest absolute Gasteiger partial charge is 0.337 e.